The van der Waals surface area contributed by atoms with Gasteiger partial charge in [-0.1, -0.05) is 71.0 Å². The van der Waals surface area contributed by atoms with E-state index < -0.39 is 11.6 Å². The molecule has 1 aromatic heterocycles. The van der Waals surface area contributed by atoms with Crippen molar-refractivity contribution in [2.45, 2.75) is 71.4 Å². The van der Waals surface area contributed by atoms with E-state index in [1.165, 1.54) is 0 Å². The van der Waals surface area contributed by atoms with Crippen LogP contribution in [-0.2, 0) is 27.7 Å². The molecule has 28 heavy (non-hydrogen) atoms. The van der Waals surface area contributed by atoms with Crippen LogP contribution >= 0.6 is 0 Å². The first-order valence-corrected chi connectivity index (χ1v) is 9.40. The molecule has 1 saturated heterocycles. The molecular weight excluding hydrogens is 356 g/mol. The molecular formula is C21H28N4O3. The molecule has 1 aliphatic heterocycles. The summed E-state index contributed by atoms with van der Waals surface area (Å²) < 4.78 is 5.26. The number of hydrogen-bond donors (Lipinski definition) is 1. The maximum atomic E-state index is 13.1. The molecule has 0 saturated carbocycles. The van der Waals surface area contributed by atoms with Crippen molar-refractivity contribution in [1.29, 1.82) is 0 Å². The Morgan fingerprint density at radius 3 is 2.14 bits per heavy atom. The molecule has 1 aliphatic rings. The van der Waals surface area contributed by atoms with Crippen LogP contribution in [0.4, 0.5) is 4.79 Å². The minimum absolute atomic E-state index is 0.0117. The summed E-state index contributed by atoms with van der Waals surface area (Å²) in [5.41, 5.74) is 0.494. The summed E-state index contributed by atoms with van der Waals surface area (Å²) >= 11 is 0. The standard InChI is InChI=1S/C21H28N4O3/c1-19(2,3)13-8-10-14(11-9-13)21(7)17(26)25(18(27)23-21)12-15-22-16(28-24-15)20(4,5)6/h8-11H,12H2,1-7H3,(H,23,27). The second kappa shape index (κ2) is 6.43. The summed E-state index contributed by atoms with van der Waals surface area (Å²) in [7, 11) is 0. The van der Waals surface area contributed by atoms with Crippen LogP contribution in [0, 0.1) is 0 Å². The predicted molar refractivity (Wildman–Crippen MR) is 105 cm³/mol. The third-order valence-corrected chi connectivity index (χ3v) is 5.01. The van der Waals surface area contributed by atoms with Gasteiger partial charge in [-0.25, -0.2) is 4.79 Å². The molecule has 0 radical (unpaired) electrons. The summed E-state index contributed by atoms with van der Waals surface area (Å²) in [6.45, 7) is 13.9. The maximum absolute atomic E-state index is 13.1. The Labute approximate surface area is 165 Å². The molecule has 7 nitrogen and oxygen atoms in total. The Hall–Kier alpha value is -2.70. The molecule has 3 amide bonds. The molecule has 1 atom stereocenters. The fourth-order valence-corrected chi connectivity index (χ4v) is 3.10. The summed E-state index contributed by atoms with van der Waals surface area (Å²) in [6.07, 6.45) is 0. The minimum atomic E-state index is -1.12. The van der Waals surface area contributed by atoms with E-state index in [0.717, 1.165) is 16.0 Å². The molecule has 0 spiro atoms. The number of carbonyl (C=O) groups is 2. The molecule has 2 heterocycles. The fraction of sp³-hybridized carbons (Fsp3) is 0.524. The number of nitrogens with zero attached hydrogens (tertiary/aromatic N) is 3. The number of nitrogens with one attached hydrogen (secondary N) is 1. The van der Waals surface area contributed by atoms with Gasteiger partial charge in [0.1, 0.15) is 5.54 Å². The third kappa shape index (κ3) is 3.53. The molecule has 2 aromatic rings. The molecule has 1 aromatic carbocycles. The predicted octanol–water partition coefficient (Wildman–Crippen LogP) is 3.63. The van der Waals surface area contributed by atoms with Crippen molar-refractivity contribution in [2.24, 2.45) is 0 Å². The van der Waals surface area contributed by atoms with Gasteiger partial charge < -0.3 is 9.84 Å². The fourth-order valence-electron chi connectivity index (χ4n) is 3.10. The molecule has 1 unspecified atom stereocenters. The summed E-state index contributed by atoms with van der Waals surface area (Å²) in [4.78, 5) is 31.1. The number of rotatable bonds is 3. The highest BCUT2D eigenvalue weighted by molar-refractivity contribution is 6.07. The van der Waals surface area contributed by atoms with Gasteiger partial charge in [0.25, 0.3) is 5.91 Å². The number of hydrogen-bond acceptors (Lipinski definition) is 5. The van der Waals surface area contributed by atoms with E-state index in [9.17, 15) is 9.59 Å². The molecule has 150 valence electrons. The minimum Gasteiger partial charge on any atom is -0.339 e. The van der Waals surface area contributed by atoms with E-state index in [-0.39, 0.29) is 23.3 Å². The lowest BCUT2D eigenvalue weighted by Gasteiger charge is -2.24. The van der Waals surface area contributed by atoms with E-state index in [0.29, 0.717) is 11.7 Å². The van der Waals surface area contributed by atoms with Crippen molar-refractivity contribution >= 4 is 11.9 Å². The first-order chi connectivity index (χ1) is 12.8. The van der Waals surface area contributed by atoms with Gasteiger partial charge >= 0.3 is 6.03 Å². The molecule has 0 bridgehead atoms. The van der Waals surface area contributed by atoms with Gasteiger partial charge in [-0.2, -0.15) is 4.98 Å². The van der Waals surface area contributed by atoms with Gasteiger partial charge in [0.15, 0.2) is 5.82 Å². The summed E-state index contributed by atoms with van der Waals surface area (Å²) in [6, 6.07) is 7.33. The van der Waals surface area contributed by atoms with Gasteiger partial charge in [0.2, 0.25) is 5.89 Å². The van der Waals surface area contributed by atoms with Gasteiger partial charge in [-0.15, -0.1) is 0 Å². The van der Waals surface area contributed by atoms with Crippen molar-refractivity contribution in [3.63, 3.8) is 0 Å². The van der Waals surface area contributed by atoms with E-state index >= 15 is 0 Å². The number of benzene rings is 1. The van der Waals surface area contributed by atoms with Gasteiger partial charge in [-0.05, 0) is 23.5 Å². The van der Waals surface area contributed by atoms with Crippen LogP contribution < -0.4 is 5.32 Å². The first-order valence-electron chi connectivity index (χ1n) is 9.40. The van der Waals surface area contributed by atoms with Crippen LogP contribution in [0.25, 0.3) is 0 Å². The van der Waals surface area contributed by atoms with Crippen LogP contribution in [0.2, 0.25) is 0 Å². The van der Waals surface area contributed by atoms with Crippen molar-refractivity contribution in [1.82, 2.24) is 20.4 Å². The lowest BCUT2D eigenvalue weighted by Crippen LogP contribution is -2.40. The van der Waals surface area contributed by atoms with Gasteiger partial charge in [0, 0.05) is 5.41 Å². The zero-order chi connectivity index (χ0) is 20.9. The lowest BCUT2D eigenvalue weighted by molar-refractivity contribution is -0.131. The van der Waals surface area contributed by atoms with Crippen molar-refractivity contribution in [3.05, 3.63) is 47.1 Å². The van der Waals surface area contributed by atoms with E-state index in [1.54, 1.807) is 6.92 Å². The lowest BCUT2D eigenvalue weighted by atomic mass is 9.84. The van der Waals surface area contributed by atoms with Crippen LogP contribution in [0.15, 0.2) is 28.8 Å². The van der Waals surface area contributed by atoms with Crippen LogP contribution in [0.1, 0.15) is 71.3 Å². The number of carbonyl (C=O) groups excluding carboxylic acids is 2. The quantitative estimate of drug-likeness (QED) is 0.817. The highest BCUT2D eigenvalue weighted by atomic mass is 16.5. The highest BCUT2D eigenvalue weighted by Gasteiger charge is 2.49. The molecule has 7 heteroatoms. The van der Waals surface area contributed by atoms with Gasteiger partial charge in [0.05, 0.1) is 6.54 Å². The normalized spacial score (nSPS) is 20.6. The highest BCUT2D eigenvalue weighted by Crippen LogP contribution is 2.32. The van der Waals surface area contributed by atoms with Crippen molar-refractivity contribution < 1.29 is 14.1 Å². The second-order valence-electron chi connectivity index (χ2n) is 9.54. The van der Waals surface area contributed by atoms with Crippen LogP contribution in [0.5, 0.6) is 0 Å². The zero-order valence-corrected chi connectivity index (χ0v) is 17.6. The zero-order valence-electron chi connectivity index (χ0n) is 17.6. The average molecular weight is 384 g/mol. The number of urea groups is 1. The third-order valence-electron chi connectivity index (χ3n) is 5.01. The van der Waals surface area contributed by atoms with Crippen LogP contribution in [0.3, 0.4) is 0 Å². The Kier molecular flexibility index (Phi) is 4.60. The maximum Gasteiger partial charge on any atom is 0.325 e. The SMILES string of the molecule is CC(C)(C)c1ccc(C2(C)NC(=O)N(Cc3noc(C(C)(C)C)n3)C2=O)cc1. The number of imide groups is 1. The van der Waals surface area contributed by atoms with Crippen LogP contribution in [-0.4, -0.2) is 27.0 Å². The Morgan fingerprint density at radius 2 is 1.64 bits per heavy atom. The topological polar surface area (TPSA) is 88.3 Å². The Balaban J connectivity index is 1.83. The van der Waals surface area contributed by atoms with E-state index in [4.69, 9.17) is 4.52 Å². The Morgan fingerprint density at radius 1 is 1.04 bits per heavy atom. The molecule has 1 fully saturated rings. The molecule has 1 N–H and O–H groups in total. The Bertz CT molecular complexity index is 903. The number of aromatic nitrogens is 2. The second-order valence-corrected chi connectivity index (χ2v) is 9.54. The van der Waals surface area contributed by atoms with E-state index in [2.05, 4.69) is 36.2 Å². The first kappa shape index (κ1) is 20.0. The van der Waals surface area contributed by atoms with Crippen molar-refractivity contribution in [2.75, 3.05) is 0 Å². The summed E-state index contributed by atoms with van der Waals surface area (Å²) in [5, 5.41) is 6.73. The largest absolute Gasteiger partial charge is 0.339 e. The molecule has 3 rings (SSSR count). The van der Waals surface area contributed by atoms with E-state index in [1.807, 2.05) is 45.0 Å². The summed E-state index contributed by atoms with van der Waals surface area (Å²) in [5.74, 6) is 0.443. The number of amides is 3. The smallest absolute Gasteiger partial charge is 0.325 e. The van der Waals surface area contributed by atoms with Gasteiger partial charge in [-0.3, -0.25) is 9.69 Å². The molecule has 0 aliphatic carbocycles. The monoisotopic (exact) mass is 384 g/mol. The van der Waals surface area contributed by atoms with Crippen molar-refractivity contribution in [3.8, 4) is 0 Å². The average Bonchev–Trinajstić information content (AvgIpc) is 3.14.